The van der Waals surface area contributed by atoms with Gasteiger partial charge in [-0.3, -0.25) is 20.2 Å². The fourth-order valence-electron chi connectivity index (χ4n) is 1.32. The minimum Gasteiger partial charge on any atom is -0.487 e. The highest BCUT2D eigenvalue weighted by atomic mass is 16.6. The maximum atomic E-state index is 10.8. The molecule has 2 N–H and O–H groups in total. The Labute approximate surface area is 103 Å². The van der Waals surface area contributed by atoms with E-state index in [-0.39, 0.29) is 11.4 Å². The predicted molar refractivity (Wildman–Crippen MR) is 64.6 cm³/mol. The van der Waals surface area contributed by atoms with E-state index in [9.17, 15) is 20.2 Å². The van der Waals surface area contributed by atoms with E-state index in [1.54, 1.807) is 0 Å². The van der Waals surface area contributed by atoms with Gasteiger partial charge >= 0.3 is 5.69 Å². The average Bonchev–Trinajstić information content (AvgIpc) is 2.28. The van der Waals surface area contributed by atoms with E-state index in [4.69, 9.17) is 10.5 Å². The smallest absolute Gasteiger partial charge is 0.317 e. The number of hydrogen-bond acceptors (Lipinski definition) is 6. The van der Waals surface area contributed by atoms with Gasteiger partial charge in [0, 0.05) is 6.07 Å². The highest BCUT2D eigenvalue weighted by Crippen LogP contribution is 2.35. The third kappa shape index (κ3) is 3.06. The van der Waals surface area contributed by atoms with Crippen molar-refractivity contribution < 1.29 is 14.6 Å². The van der Waals surface area contributed by atoms with Crippen LogP contribution < -0.4 is 10.5 Å². The molecule has 0 bridgehead atoms. The minimum atomic E-state index is -0.766. The SMILES string of the molecule is CCCCOc1cc(N)c([N+](=O)[O-])cc1[N+](=O)[O-]. The van der Waals surface area contributed by atoms with E-state index in [1.165, 1.54) is 0 Å². The summed E-state index contributed by atoms with van der Waals surface area (Å²) < 4.78 is 5.21. The summed E-state index contributed by atoms with van der Waals surface area (Å²) in [7, 11) is 0. The van der Waals surface area contributed by atoms with Crippen LogP contribution in [0.4, 0.5) is 17.1 Å². The van der Waals surface area contributed by atoms with Crippen LogP contribution in [0, 0.1) is 20.2 Å². The van der Waals surface area contributed by atoms with E-state index in [1.807, 2.05) is 6.92 Å². The molecule has 0 atom stereocenters. The zero-order valence-electron chi connectivity index (χ0n) is 9.79. The summed E-state index contributed by atoms with van der Waals surface area (Å²) in [6.45, 7) is 2.25. The van der Waals surface area contributed by atoms with Crippen LogP contribution in [-0.4, -0.2) is 16.5 Å². The van der Waals surface area contributed by atoms with E-state index < -0.39 is 21.2 Å². The van der Waals surface area contributed by atoms with Crippen LogP contribution in [0.1, 0.15) is 19.8 Å². The Morgan fingerprint density at radius 2 is 1.83 bits per heavy atom. The van der Waals surface area contributed by atoms with Gasteiger partial charge < -0.3 is 10.5 Å². The first-order chi connectivity index (χ1) is 8.47. The van der Waals surface area contributed by atoms with E-state index in [2.05, 4.69) is 0 Å². The topological polar surface area (TPSA) is 122 Å². The lowest BCUT2D eigenvalue weighted by atomic mass is 10.2. The van der Waals surface area contributed by atoms with Crippen molar-refractivity contribution in [2.75, 3.05) is 12.3 Å². The van der Waals surface area contributed by atoms with Gasteiger partial charge in [-0.1, -0.05) is 13.3 Å². The van der Waals surface area contributed by atoms with E-state index >= 15 is 0 Å². The maximum absolute atomic E-state index is 10.8. The van der Waals surface area contributed by atoms with Crippen LogP contribution in [0.25, 0.3) is 0 Å². The molecule has 0 radical (unpaired) electrons. The monoisotopic (exact) mass is 255 g/mol. The Morgan fingerprint density at radius 1 is 1.22 bits per heavy atom. The third-order valence-corrected chi connectivity index (χ3v) is 2.26. The van der Waals surface area contributed by atoms with Gasteiger partial charge in [0.2, 0.25) is 0 Å². The summed E-state index contributed by atoms with van der Waals surface area (Å²) in [5.74, 6) is -0.0449. The molecule has 0 aliphatic carbocycles. The number of nitro benzene ring substituents is 2. The quantitative estimate of drug-likeness (QED) is 0.360. The molecule has 1 aromatic rings. The molecule has 0 saturated carbocycles. The van der Waals surface area contributed by atoms with Crippen molar-refractivity contribution in [1.29, 1.82) is 0 Å². The number of nitrogen functional groups attached to an aromatic ring is 1. The molecule has 0 saturated heterocycles. The molecule has 18 heavy (non-hydrogen) atoms. The molecule has 0 aliphatic heterocycles. The Morgan fingerprint density at radius 3 is 2.33 bits per heavy atom. The molecule has 0 amide bonds. The predicted octanol–water partition coefficient (Wildman–Crippen LogP) is 2.26. The largest absolute Gasteiger partial charge is 0.487 e. The van der Waals surface area contributed by atoms with Crippen molar-refractivity contribution in [2.45, 2.75) is 19.8 Å². The number of hydrogen-bond donors (Lipinski definition) is 1. The van der Waals surface area contributed by atoms with Gasteiger partial charge in [0.15, 0.2) is 5.75 Å². The number of nitrogens with two attached hydrogens (primary N) is 1. The average molecular weight is 255 g/mol. The van der Waals surface area contributed by atoms with Crippen molar-refractivity contribution in [1.82, 2.24) is 0 Å². The van der Waals surface area contributed by atoms with Crippen molar-refractivity contribution in [3.63, 3.8) is 0 Å². The molecule has 0 aromatic heterocycles. The number of unbranched alkanes of at least 4 members (excludes halogenated alkanes) is 1. The second kappa shape index (κ2) is 5.80. The van der Waals surface area contributed by atoms with Gasteiger partial charge in [-0.05, 0) is 6.42 Å². The van der Waals surface area contributed by atoms with Crippen molar-refractivity contribution in [2.24, 2.45) is 0 Å². The molecule has 0 aliphatic rings. The van der Waals surface area contributed by atoms with Crippen LogP contribution in [0.2, 0.25) is 0 Å². The fraction of sp³-hybridized carbons (Fsp3) is 0.400. The molecule has 8 nitrogen and oxygen atoms in total. The Kier molecular flexibility index (Phi) is 4.41. The summed E-state index contributed by atoms with van der Waals surface area (Å²) >= 11 is 0. The molecule has 0 heterocycles. The van der Waals surface area contributed by atoms with Gasteiger partial charge in [0.25, 0.3) is 5.69 Å². The maximum Gasteiger partial charge on any atom is 0.317 e. The molecule has 0 unspecified atom stereocenters. The highest BCUT2D eigenvalue weighted by molar-refractivity contribution is 5.68. The number of rotatable bonds is 6. The normalized spacial score (nSPS) is 10.1. The molecular formula is C10H13N3O5. The lowest BCUT2D eigenvalue weighted by Gasteiger charge is -2.07. The van der Waals surface area contributed by atoms with Gasteiger partial charge in [-0.25, -0.2) is 0 Å². The second-order valence-corrected chi connectivity index (χ2v) is 3.59. The van der Waals surface area contributed by atoms with Crippen LogP contribution in [0.15, 0.2) is 12.1 Å². The summed E-state index contributed by atoms with van der Waals surface area (Å²) in [6.07, 6.45) is 1.60. The van der Waals surface area contributed by atoms with Gasteiger partial charge in [-0.2, -0.15) is 0 Å². The third-order valence-electron chi connectivity index (χ3n) is 2.26. The number of nitro groups is 2. The van der Waals surface area contributed by atoms with Crippen molar-refractivity contribution >= 4 is 17.1 Å². The summed E-state index contributed by atoms with van der Waals surface area (Å²) in [5, 5.41) is 21.4. The van der Waals surface area contributed by atoms with Crippen molar-refractivity contribution in [3.8, 4) is 5.75 Å². The lowest BCUT2D eigenvalue weighted by molar-refractivity contribution is -0.394. The number of ether oxygens (including phenoxy) is 1. The first kappa shape index (κ1) is 13.7. The van der Waals surface area contributed by atoms with E-state index in [0.717, 1.165) is 25.0 Å². The highest BCUT2D eigenvalue weighted by Gasteiger charge is 2.24. The van der Waals surface area contributed by atoms with Crippen LogP contribution in [0.5, 0.6) is 5.75 Å². The van der Waals surface area contributed by atoms with Gasteiger partial charge in [0.1, 0.15) is 5.69 Å². The Bertz CT molecular complexity index is 475. The molecule has 98 valence electrons. The molecule has 8 heteroatoms. The van der Waals surface area contributed by atoms with Crippen molar-refractivity contribution in [3.05, 3.63) is 32.4 Å². The van der Waals surface area contributed by atoms with Crippen LogP contribution in [0.3, 0.4) is 0 Å². The Hall–Kier alpha value is -2.38. The molecule has 1 aromatic carbocycles. The fourth-order valence-corrected chi connectivity index (χ4v) is 1.32. The first-order valence-corrected chi connectivity index (χ1v) is 5.32. The molecular weight excluding hydrogens is 242 g/mol. The number of nitrogens with zero attached hydrogens (tertiary/aromatic N) is 2. The molecule has 0 spiro atoms. The van der Waals surface area contributed by atoms with Gasteiger partial charge in [0.05, 0.1) is 22.5 Å². The van der Waals surface area contributed by atoms with Crippen LogP contribution >= 0.6 is 0 Å². The van der Waals surface area contributed by atoms with Gasteiger partial charge in [-0.15, -0.1) is 0 Å². The summed E-state index contributed by atoms with van der Waals surface area (Å²) in [6, 6.07) is 1.93. The minimum absolute atomic E-state index is 0.0449. The second-order valence-electron chi connectivity index (χ2n) is 3.59. The summed E-state index contributed by atoms with van der Waals surface area (Å²) in [4.78, 5) is 19.9. The standard InChI is InChI=1S/C10H13N3O5/c1-2-3-4-18-10-5-7(11)8(12(14)15)6-9(10)13(16)17/h5-6H,2-4,11H2,1H3. The zero-order valence-corrected chi connectivity index (χ0v) is 9.79. The first-order valence-electron chi connectivity index (χ1n) is 5.32. The summed E-state index contributed by atoms with van der Waals surface area (Å²) in [5.41, 5.74) is 4.35. The van der Waals surface area contributed by atoms with Crippen LogP contribution in [-0.2, 0) is 0 Å². The van der Waals surface area contributed by atoms with E-state index in [0.29, 0.717) is 6.61 Å². The number of anilines is 1. The molecule has 0 fully saturated rings. The Balaban J connectivity index is 3.12. The number of benzene rings is 1. The zero-order chi connectivity index (χ0) is 13.7. The lowest BCUT2D eigenvalue weighted by Crippen LogP contribution is -2.03. The molecule has 1 rings (SSSR count).